The second kappa shape index (κ2) is 17.2. The second-order valence-corrected chi connectivity index (χ2v) is 20.5. The first kappa shape index (κ1) is 43.3. The molecule has 0 atom stereocenters. The Morgan fingerprint density at radius 3 is 1.06 bits per heavy atom. The van der Waals surface area contributed by atoms with Crippen LogP contribution in [0.1, 0.15) is 0 Å². The maximum absolute atomic E-state index is 6.45. The number of hydrogen-bond acceptors (Lipinski definition) is 1. The topological polar surface area (TPSA) is 13.1 Å². The van der Waals surface area contributed by atoms with Crippen LogP contribution < -0.4 is 0 Å². The van der Waals surface area contributed by atoms with Crippen LogP contribution >= 0.6 is 0 Å². The van der Waals surface area contributed by atoms with Crippen LogP contribution in [0.25, 0.3) is 164 Å². The summed E-state index contributed by atoms with van der Waals surface area (Å²) >= 11 is 0. The Kier molecular flexibility index (Phi) is 9.71. The van der Waals surface area contributed by atoms with Gasteiger partial charge in [-0.05, 0) is 166 Å². The highest BCUT2D eigenvalue weighted by Crippen LogP contribution is 2.50. The molecular formula is C76H46O. The fourth-order valence-corrected chi connectivity index (χ4v) is 13.1. The van der Waals surface area contributed by atoms with Gasteiger partial charge in [0.25, 0.3) is 0 Å². The molecule has 0 radical (unpaired) electrons. The lowest BCUT2D eigenvalue weighted by atomic mass is 9.83. The van der Waals surface area contributed by atoms with E-state index in [-0.39, 0.29) is 0 Å². The Bertz CT molecular complexity index is 4970. The molecule has 1 heterocycles. The summed E-state index contributed by atoms with van der Waals surface area (Å²) in [6.45, 7) is 0. The molecule has 0 saturated heterocycles. The van der Waals surface area contributed by atoms with E-state index in [0.29, 0.717) is 0 Å². The zero-order valence-corrected chi connectivity index (χ0v) is 42.0. The van der Waals surface area contributed by atoms with Gasteiger partial charge in [-0.1, -0.05) is 255 Å². The van der Waals surface area contributed by atoms with E-state index < -0.39 is 0 Å². The van der Waals surface area contributed by atoms with Crippen molar-refractivity contribution in [2.45, 2.75) is 0 Å². The quantitative estimate of drug-likeness (QED) is 0.151. The maximum Gasteiger partial charge on any atom is 0.136 e. The molecule has 0 spiro atoms. The van der Waals surface area contributed by atoms with Gasteiger partial charge >= 0.3 is 0 Å². The summed E-state index contributed by atoms with van der Waals surface area (Å²) < 4.78 is 6.45. The van der Waals surface area contributed by atoms with Gasteiger partial charge < -0.3 is 4.42 Å². The fraction of sp³-hybridized carbons (Fsp3) is 0. The molecule has 0 saturated carbocycles. The van der Waals surface area contributed by atoms with Crippen molar-refractivity contribution in [3.8, 4) is 66.8 Å². The van der Waals surface area contributed by atoms with Crippen LogP contribution in [0.3, 0.4) is 0 Å². The van der Waals surface area contributed by atoms with Gasteiger partial charge in [0.2, 0.25) is 0 Å². The zero-order chi connectivity index (χ0) is 50.6. The molecule has 0 aliphatic rings. The third-order valence-electron chi connectivity index (χ3n) is 16.4. The summed E-state index contributed by atoms with van der Waals surface area (Å²) in [5.41, 5.74) is 16.5. The van der Waals surface area contributed by atoms with Gasteiger partial charge in [-0.15, -0.1) is 0 Å². The Hall–Kier alpha value is -10.1. The number of para-hydroxylation sites is 1. The molecule has 0 aliphatic carbocycles. The standard InChI is InChI=1S/C76H46O/c1-2-21-54-47(17-1)18-14-32-56(54)73-59-24-5-3-22-57(59)72(58-23-4-6-25-60(58)73)51-41-37-50(38-42-51)55-31-13-19-48-39-43-52(45-68(48)55)53-44-40-49-20-15-33-65(69(49)46-53)74-61-26-7-9-28-63(61)75(64-29-10-8-27-62(64)74)67-34-16-36-71-76(67)66-30-11-12-35-70(66)77-71/h1-46H. The summed E-state index contributed by atoms with van der Waals surface area (Å²) in [6, 6.07) is 103. The molecule has 0 unspecified atom stereocenters. The molecule has 0 N–H and O–H groups in total. The Labute approximate surface area is 445 Å². The predicted molar refractivity (Wildman–Crippen MR) is 329 cm³/mol. The smallest absolute Gasteiger partial charge is 0.136 e. The predicted octanol–water partition coefficient (Wildman–Crippen LogP) is 21.7. The van der Waals surface area contributed by atoms with Crippen molar-refractivity contribution in [2.24, 2.45) is 0 Å². The van der Waals surface area contributed by atoms with Gasteiger partial charge in [-0.25, -0.2) is 0 Å². The molecule has 1 nitrogen and oxygen atoms in total. The SMILES string of the molecule is c1cc(-c2ccc(-c3c4ccccc4c(-c4cccc5ccccc45)c4ccccc34)cc2)c2cc(-c3ccc4cccc(-c5c6ccccc6c(-c6cccc7oc8ccccc8c67)c6ccccc56)c4c3)ccc2c1. The van der Waals surface area contributed by atoms with Crippen LogP contribution in [0.2, 0.25) is 0 Å². The lowest BCUT2D eigenvalue weighted by Crippen LogP contribution is -1.92. The minimum Gasteiger partial charge on any atom is -0.456 e. The van der Waals surface area contributed by atoms with Crippen molar-refractivity contribution in [3.63, 3.8) is 0 Å². The number of furan rings is 1. The molecule has 0 bridgehead atoms. The number of benzene rings is 15. The van der Waals surface area contributed by atoms with Gasteiger partial charge in [-0.3, -0.25) is 0 Å². The van der Waals surface area contributed by atoms with Gasteiger partial charge in [0, 0.05) is 10.8 Å². The van der Waals surface area contributed by atoms with E-state index in [0.717, 1.165) is 21.9 Å². The van der Waals surface area contributed by atoms with Gasteiger partial charge in [0.15, 0.2) is 0 Å². The summed E-state index contributed by atoms with van der Waals surface area (Å²) in [7, 11) is 0. The van der Waals surface area contributed by atoms with Crippen LogP contribution in [-0.2, 0) is 0 Å². The van der Waals surface area contributed by atoms with Crippen LogP contribution in [0.5, 0.6) is 0 Å². The van der Waals surface area contributed by atoms with E-state index in [1.54, 1.807) is 0 Å². The zero-order valence-electron chi connectivity index (χ0n) is 42.0. The lowest BCUT2D eigenvalue weighted by molar-refractivity contribution is 0.669. The largest absolute Gasteiger partial charge is 0.456 e. The molecule has 1 heteroatoms. The van der Waals surface area contributed by atoms with E-state index in [1.807, 2.05) is 6.07 Å². The molecule has 0 fully saturated rings. The first-order chi connectivity index (χ1) is 38.2. The van der Waals surface area contributed by atoms with Crippen molar-refractivity contribution in [2.75, 3.05) is 0 Å². The van der Waals surface area contributed by atoms with Crippen molar-refractivity contribution >= 4 is 97.3 Å². The van der Waals surface area contributed by atoms with Crippen LogP contribution in [-0.4, -0.2) is 0 Å². The highest BCUT2D eigenvalue weighted by atomic mass is 16.3. The Balaban J connectivity index is 0.820. The van der Waals surface area contributed by atoms with Crippen molar-refractivity contribution in [1.82, 2.24) is 0 Å². The molecule has 1 aromatic heterocycles. The van der Waals surface area contributed by atoms with Crippen molar-refractivity contribution in [3.05, 3.63) is 279 Å². The second-order valence-electron chi connectivity index (χ2n) is 20.5. The number of fused-ring (bicyclic) bond motifs is 10. The third kappa shape index (κ3) is 6.74. The molecule has 16 aromatic rings. The molecule has 0 amide bonds. The fourth-order valence-electron chi connectivity index (χ4n) is 13.1. The highest BCUT2D eigenvalue weighted by molar-refractivity contribution is 6.28. The molecule has 16 rings (SSSR count). The number of hydrogen-bond donors (Lipinski definition) is 0. The van der Waals surface area contributed by atoms with Crippen LogP contribution in [0.4, 0.5) is 0 Å². The van der Waals surface area contributed by atoms with Crippen LogP contribution in [0.15, 0.2) is 283 Å². The normalized spacial score (nSPS) is 11.9. The van der Waals surface area contributed by atoms with Gasteiger partial charge in [0.05, 0.1) is 0 Å². The third-order valence-corrected chi connectivity index (χ3v) is 16.4. The van der Waals surface area contributed by atoms with E-state index in [2.05, 4.69) is 273 Å². The van der Waals surface area contributed by atoms with Gasteiger partial charge in [-0.2, -0.15) is 0 Å². The maximum atomic E-state index is 6.45. The van der Waals surface area contributed by atoms with Crippen LogP contribution in [0, 0.1) is 0 Å². The molecule has 0 aliphatic heterocycles. The molecule has 356 valence electrons. The minimum absolute atomic E-state index is 0.902. The Morgan fingerprint density at radius 2 is 0.519 bits per heavy atom. The average Bonchev–Trinajstić information content (AvgIpc) is 3.96. The number of rotatable bonds is 6. The molecule has 77 heavy (non-hydrogen) atoms. The summed E-state index contributed by atoms with van der Waals surface area (Å²) in [4.78, 5) is 0. The average molecular weight is 975 g/mol. The van der Waals surface area contributed by atoms with Gasteiger partial charge in [0.1, 0.15) is 11.2 Å². The summed E-state index contributed by atoms with van der Waals surface area (Å²) in [6.07, 6.45) is 0. The minimum atomic E-state index is 0.902. The van der Waals surface area contributed by atoms with Crippen molar-refractivity contribution < 1.29 is 4.42 Å². The van der Waals surface area contributed by atoms with Crippen molar-refractivity contribution in [1.29, 1.82) is 0 Å². The van der Waals surface area contributed by atoms with E-state index in [4.69, 9.17) is 4.42 Å². The molecule has 15 aromatic carbocycles. The van der Waals surface area contributed by atoms with E-state index >= 15 is 0 Å². The summed E-state index contributed by atoms with van der Waals surface area (Å²) in [5, 5.41) is 19.6. The van der Waals surface area contributed by atoms with E-state index in [9.17, 15) is 0 Å². The Morgan fingerprint density at radius 1 is 0.182 bits per heavy atom. The van der Waals surface area contributed by atoms with E-state index in [1.165, 1.54) is 142 Å². The summed E-state index contributed by atoms with van der Waals surface area (Å²) in [5.74, 6) is 0. The first-order valence-corrected chi connectivity index (χ1v) is 26.6. The lowest BCUT2D eigenvalue weighted by Gasteiger charge is -2.19. The highest BCUT2D eigenvalue weighted by Gasteiger charge is 2.22. The first-order valence-electron chi connectivity index (χ1n) is 26.6. The molecular weight excluding hydrogens is 929 g/mol. The monoisotopic (exact) mass is 974 g/mol.